The Labute approximate surface area is 60.8 Å². The zero-order chi connectivity index (χ0) is 7.98. The maximum absolute atomic E-state index is 10.4. The fourth-order valence-electron chi connectivity index (χ4n) is 0.524. The van der Waals surface area contributed by atoms with Gasteiger partial charge in [-0.3, -0.25) is 4.79 Å². The van der Waals surface area contributed by atoms with Crippen molar-refractivity contribution in [2.24, 2.45) is 5.92 Å². The number of carbonyl (C=O) groups is 2. The minimum atomic E-state index is -0.000602. The fourth-order valence-corrected chi connectivity index (χ4v) is 0.524. The molecule has 0 heterocycles. The van der Waals surface area contributed by atoms with Gasteiger partial charge in [0.15, 0.2) is 0 Å². The van der Waals surface area contributed by atoms with Crippen molar-refractivity contribution in [1.29, 1.82) is 0 Å². The average molecular weight is 143 g/mol. The van der Waals surface area contributed by atoms with Crippen molar-refractivity contribution in [3.63, 3.8) is 0 Å². The summed E-state index contributed by atoms with van der Waals surface area (Å²) in [4.78, 5) is 20.4. The summed E-state index contributed by atoms with van der Waals surface area (Å²) >= 11 is 0. The van der Waals surface area contributed by atoms with Gasteiger partial charge in [0, 0.05) is 12.5 Å². The summed E-state index contributed by atoms with van der Waals surface area (Å²) < 4.78 is 0. The Kier molecular flexibility index (Phi) is 4.76. The van der Waals surface area contributed by atoms with Crippen molar-refractivity contribution in [3.05, 3.63) is 0 Å². The van der Waals surface area contributed by atoms with Crippen LogP contribution in [0.25, 0.3) is 0 Å². The number of nitrogens with one attached hydrogen (secondary N) is 1. The smallest absolute Gasteiger partial charge is 0.143 e. The lowest BCUT2D eigenvalue weighted by Gasteiger charge is -2.02. The maximum atomic E-state index is 10.4. The number of hydrogen-bond acceptors (Lipinski definition) is 3. The number of carbonyl (C=O) groups excluding carboxylic acids is 2. The van der Waals surface area contributed by atoms with E-state index >= 15 is 0 Å². The molecule has 0 aliphatic carbocycles. The molecule has 0 aromatic carbocycles. The molecule has 58 valence electrons. The Morgan fingerprint density at radius 2 is 2.30 bits per heavy atom. The zero-order valence-electron chi connectivity index (χ0n) is 6.39. The highest BCUT2D eigenvalue weighted by molar-refractivity contribution is 5.77. The van der Waals surface area contributed by atoms with E-state index in [1.165, 1.54) is 6.92 Å². The molecule has 1 N–H and O–H groups in total. The van der Waals surface area contributed by atoms with Crippen LogP contribution < -0.4 is 5.32 Å². The lowest BCUT2D eigenvalue weighted by molar-refractivity contribution is -0.116. The van der Waals surface area contributed by atoms with Gasteiger partial charge in [0.25, 0.3) is 0 Å². The lowest BCUT2D eigenvalue weighted by atomic mass is 10.2. The van der Waals surface area contributed by atoms with E-state index < -0.39 is 0 Å². The quantitative estimate of drug-likeness (QED) is 0.551. The standard InChI is InChI=1S/C7H13NO2/c1-6(5-9)3-8-4-7(2)10/h5-6,8H,3-4H2,1-2H3/t6-/m0/s1. The van der Waals surface area contributed by atoms with Crippen LogP contribution in [0.15, 0.2) is 0 Å². The molecule has 0 rings (SSSR count). The van der Waals surface area contributed by atoms with Crippen LogP contribution in [-0.2, 0) is 9.59 Å². The minimum Gasteiger partial charge on any atom is -0.309 e. The Hall–Kier alpha value is -0.700. The van der Waals surface area contributed by atoms with Crippen molar-refractivity contribution in [2.45, 2.75) is 13.8 Å². The molecule has 0 aromatic heterocycles. The first kappa shape index (κ1) is 9.30. The second-order valence-electron chi connectivity index (χ2n) is 2.45. The van der Waals surface area contributed by atoms with E-state index in [1.54, 1.807) is 6.92 Å². The Bertz CT molecular complexity index is 123. The molecule has 0 saturated carbocycles. The van der Waals surface area contributed by atoms with E-state index in [1.807, 2.05) is 0 Å². The lowest BCUT2D eigenvalue weighted by Crippen LogP contribution is -2.26. The van der Waals surface area contributed by atoms with Gasteiger partial charge in [-0.15, -0.1) is 0 Å². The normalized spacial score (nSPS) is 12.6. The molecule has 0 aromatic rings. The van der Waals surface area contributed by atoms with Crippen LogP contribution in [-0.4, -0.2) is 25.2 Å². The largest absolute Gasteiger partial charge is 0.309 e. The monoisotopic (exact) mass is 143 g/mol. The SMILES string of the molecule is CC(=O)CNC[C@H](C)C=O. The fraction of sp³-hybridized carbons (Fsp3) is 0.714. The second kappa shape index (κ2) is 5.11. The highest BCUT2D eigenvalue weighted by Gasteiger charge is 1.98. The number of hydrogen-bond donors (Lipinski definition) is 1. The van der Waals surface area contributed by atoms with E-state index in [-0.39, 0.29) is 11.7 Å². The molecule has 0 aliphatic heterocycles. The summed E-state index contributed by atoms with van der Waals surface area (Å²) in [6, 6.07) is 0. The minimum absolute atomic E-state index is 0.000602. The third kappa shape index (κ3) is 5.44. The summed E-state index contributed by atoms with van der Waals surface area (Å²) in [7, 11) is 0. The van der Waals surface area contributed by atoms with Gasteiger partial charge in [0.1, 0.15) is 12.1 Å². The zero-order valence-corrected chi connectivity index (χ0v) is 6.39. The van der Waals surface area contributed by atoms with Crippen molar-refractivity contribution in [2.75, 3.05) is 13.1 Å². The second-order valence-corrected chi connectivity index (χ2v) is 2.45. The Morgan fingerprint density at radius 1 is 1.70 bits per heavy atom. The van der Waals surface area contributed by atoms with Gasteiger partial charge in [-0.25, -0.2) is 0 Å². The molecule has 0 unspecified atom stereocenters. The molecular formula is C7H13NO2. The molecule has 0 spiro atoms. The van der Waals surface area contributed by atoms with Crippen molar-refractivity contribution in [3.8, 4) is 0 Å². The van der Waals surface area contributed by atoms with Gasteiger partial charge in [0.05, 0.1) is 6.54 Å². The molecule has 0 radical (unpaired) electrons. The third-order valence-electron chi connectivity index (χ3n) is 1.07. The predicted molar refractivity (Wildman–Crippen MR) is 38.8 cm³/mol. The van der Waals surface area contributed by atoms with Crippen LogP contribution in [0.1, 0.15) is 13.8 Å². The van der Waals surface area contributed by atoms with Crippen LogP contribution in [0.2, 0.25) is 0 Å². The molecule has 0 bridgehead atoms. The van der Waals surface area contributed by atoms with Crippen LogP contribution in [0, 0.1) is 5.92 Å². The first-order valence-corrected chi connectivity index (χ1v) is 3.32. The molecular weight excluding hydrogens is 130 g/mol. The number of rotatable bonds is 5. The molecule has 0 amide bonds. The highest BCUT2D eigenvalue weighted by atomic mass is 16.1. The summed E-state index contributed by atoms with van der Waals surface area (Å²) in [5.74, 6) is 0.0949. The van der Waals surface area contributed by atoms with Crippen molar-refractivity contribution < 1.29 is 9.59 Å². The van der Waals surface area contributed by atoms with Crippen molar-refractivity contribution in [1.82, 2.24) is 5.32 Å². The average Bonchev–Trinajstić information content (AvgIpc) is 1.87. The van der Waals surface area contributed by atoms with Crippen molar-refractivity contribution >= 4 is 12.1 Å². The molecule has 0 aliphatic rings. The summed E-state index contributed by atoms with van der Waals surface area (Å²) in [5.41, 5.74) is 0. The molecule has 1 atom stereocenters. The van der Waals surface area contributed by atoms with Gasteiger partial charge in [-0.2, -0.15) is 0 Å². The topological polar surface area (TPSA) is 46.2 Å². The molecule has 0 saturated heterocycles. The number of Topliss-reactive ketones (excluding diaryl/α,β-unsaturated/α-hetero) is 1. The summed E-state index contributed by atoms with van der Waals surface area (Å²) in [5, 5.41) is 2.85. The van der Waals surface area contributed by atoms with Crippen LogP contribution in [0.5, 0.6) is 0 Å². The van der Waals surface area contributed by atoms with Crippen LogP contribution in [0.3, 0.4) is 0 Å². The number of ketones is 1. The van der Waals surface area contributed by atoms with Crippen LogP contribution in [0.4, 0.5) is 0 Å². The van der Waals surface area contributed by atoms with E-state index in [0.29, 0.717) is 13.1 Å². The summed E-state index contributed by atoms with van der Waals surface area (Å²) in [6.45, 7) is 4.26. The van der Waals surface area contributed by atoms with Gasteiger partial charge in [-0.1, -0.05) is 6.92 Å². The van der Waals surface area contributed by atoms with Gasteiger partial charge >= 0.3 is 0 Å². The van der Waals surface area contributed by atoms with Gasteiger partial charge in [0.2, 0.25) is 0 Å². The summed E-state index contributed by atoms with van der Waals surface area (Å²) in [6.07, 6.45) is 0.868. The maximum Gasteiger partial charge on any atom is 0.143 e. The Balaban J connectivity index is 3.19. The molecule has 10 heavy (non-hydrogen) atoms. The highest BCUT2D eigenvalue weighted by Crippen LogP contribution is 1.83. The molecule has 3 heteroatoms. The molecule has 3 nitrogen and oxygen atoms in total. The Morgan fingerprint density at radius 3 is 2.70 bits per heavy atom. The van der Waals surface area contributed by atoms with Crippen LogP contribution >= 0.6 is 0 Å². The predicted octanol–water partition coefficient (Wildman–Crippen LogP) is -0.000000000000000222. The van der Waals surface area contributed by atoms with E-state index in [4.69, 9.17) is 0 Å². The van der Waals surface area contributed by atoms with Gasteiger partial charge in [-0.05, 0) is 6.92 Å². The number of aldehydes is 1. The van der Waals surface area contributed by atoms with E-state index in [9.17, 15) is 9.59 Å². The third-order valence-corrected chi connectivity index (χ3v) is 1.07. The van der Waals surface area contributed by atoms with Gasteiger partial charge < -0.3 is 10.1 Å². The first-order chi connectivity index (χ1) is 4.66. The van der Waals surface area contributed by atoms with E-state index in [0.717, 1.165) is 6.29 Å². The first-order valence-electron chi connectivity index (χ1n) is 3.32. The van der Waals surface area contributed by atoms with E-state index in [2.05, 4.69) is 5.32 Å². The molecule has 0 fully saturated rings.